The van der Waals surface area contributed by atoms with E-state index in [4.69, 9.17) is 11.6 Å². The molecule has 0 radical (unpaired) electrons. The summed E-state index contributed by atoms with van der Waals surface area (Å²) in [5.41, 5.74) is 2.72. The molecule has 0 amide bonds. The standard InChI is InChI=1S/C15H23ClN2/c1-14-5-4-6-15(13-14)18-11-9-17(10-12-18)8-3-2-7-16/h4-6,13H,2-3,7-12H2,1H3. The minimum Gasteiger partial charge on any atom is -0.369 e. The van der Waals surface area contributed by atoms with Gasteiger partial charge in [0.1, 0.15) is 0 Å². The maximum Gasteiger partial charge on any atom is 0.0369 e. The van der Waals surface area contributed by atoms with Crippen LogP contribution in [-0.2, 0) is 0 Å². The largest absolute Gasteiger partial charge is 0.369 e. The molecule has 18 heavy (non-hydrogen) atoms. The fourth-order valence-electron chi connectivity index (χ4n) is 2.48. The fourth-order valence-corrected chi connectivity index (χ4v) is 2.67. The Bertz CT molecular complexity index is 359. The van der Waals surface area contributed by atoms with Crippen LogP contribution in [0.5, 0.6) is 0 Å². The molecule has 100 valence electrons. The summed E-state index contributed by atoms with van der Waals surface area (Å²) in [6.45, 7) is 8.00. The zero-order chi connectivity index (χ0) is 12.8. The van der Waals surface area contributed by atoms with Gasteiger partial charge in [-0.25, -0.2) is 0 Å². The smallest absolute Gasteiger partial charge is 0.0369 e. The quantitative estimate of drug-likeness (QED) is 0.597. The summed E-state index contributed by atoms with van der Waals surface area (Å²) in [5.74, 6) is 0.795. The first-order chi connectivity index (χ1) is 8.79. The molecular weight excluding hydrogens is 244 g/mol. The number of unbranched alkanes of at least 4 members (excludes halogenated alkanes) is 1. The van der Waals surface area contributed by atoms with Gasteiger partial charge in [-0.05, 0) is 44.0 Å². The summed E-state index contributed by atoms with van der Waals surface area (Å²) in [6.07, 6.45) is 2.37. The van der Waals surface area contributed by atoms with Gasteiger partial charge < -0.3 is 4.90 Å². The minimum absolute atomic E-state index is 0.795. The van der Waals surface area contributed by atoms with Crippen LogP contribution < -0.4 is 4.90 Å². The van der Waals surface area contributed by atoms with Gasteiger partial charge in [-0.3, -0.25) is 4.90 Å². The molecule has 0 atom stereocenters. The first kappa shape index (κ1) is 13.7. The summed E-state index contributed by atoms with van der Waals surface area (Å²) in [7, 11) is 0. The van der Waals surface area contributed by atoms with E-state index in [1.54, 1.807) is 0 Å². The summed E-state index contributed by atoms with van der Waals surface area (Å²) in [5, 5.41) is 0. The van der Waals surface area contributed by atoms with Crippen molar-refractivity contribution < 1.29 is 0 Å². The second kappa shape index (κ2) is 7.01. The maximum atomic E-state index is 5.71. The van der Waals surface area contributed by atoms with Crippen molar-refractivity contribution in [3.05, 3.63) is 29.8 Å². The van der Waals surface area contributed by atoms with Crippen molar-refractivity contribution in [1.29, 1.82) is 0 Å². The Morgan fingerprint density at radius 3 is 2.56 bits per heavy atom. The Hall–Kier alpha value is -0.730. The minimum atomic E-state index is 0.795. The Morgan fingerprint density at radius 1 is 1.11 bits per heavy atom. The number of alkyl halides is 1. The van der Waals surface area contributed by atoms with Crippen molar-refractivity contribution in [2.75, 3.05) is 43.5 Å². The van der Waals surface area contributed by atoms with Gasteiger partial charge in [0.2, 0.25) is 0 Å². The summed E-state index contributed by atoms with van der Waals surface area (Å²) in [6, 6.07) is 8.81. The Labute approximate surface area is 116 Å². The van der Waals surface area contributed by atoms with Crippen LogP contribution in [0.3, 0.4) is 0 Å². The van der Waals surface area contributed by atoms with Crippen LogP contribution in [0.1, 0.15) is 18.4 Å². The van der Waals surface area contributed by atoms with Gasteiger partial charge in [0.05, 0.1) is 0 Å². The number of rotatable bonds is 5. The summed E-state index contributed by atoms with van der Waals surface area (Å²) in [4.78, 5) is 5.05. The lowest BCUT2D eigenvalue weighted by atomic mass is 10.2. The third-order valence-corrected chi connectivity index (χ3v) is 3.86. The lowest BCUT2D eigenvalue weighted by Gasteiger charge is -2.36. The molecule has 1 aromatic carbocycles. The number of hydrogen-bond acceptors (Lipinski definition) is 2. The third kappa shape index (κ3) is 3.89. The second-order valence-corrected chi connectivity index (χ2v) is 5.44. The maximum absolute atomic E-state index is 5.71. The molecule has 0 spiro atoms. The molecule has 3 heteroatoms. The number of benzene rings is 1. The molecule has 0 saturated carbocycles. The van der Waals surface area contributed by atoms with Crippen molar-refractivity contribution >= 4 is 17.3 Å². The highest BCUT2D eigenvalue weighted by molar-refractivity contribution is 6.17. The molecule has 1 saturated heterocycles. The van der Waals surface area contributed by atoms with Crippen LogP contribution in [-0.4, -0.2) is 43.5 Å². The van der Waals surface area contributed by atoms with Crippen LogP contribution >= 0.6 is 11.6 Å². The first-order valence-corrected chi connectivity index (χ1v) is 7.43. The number of hydrogen-bond donors (Lipinski definition) is 0. The van der Waals surface area contributed by atoms with Gasteiger partial charge in [0, 0.05) is 37.7 Å². The molecule has 1 aliphatic rings. The number of halogens is 1. The van der Waals surface area contributed by atoms with E-state index < -0.39 is 0 Å². The van der Waals surface area contributed by atoms with E-state index in [2.05, 4.69) is 41.0 Å². The number of anilines is 1. The van der Waals surface area contributed by atoms with E-state index in [-0.39, 0.29) is 0 Å². The van der Waals surface area contributed by atoms with E-state index in [1.165, 1.54) is 37.3 Å². The molecule has 1 aromatic rings. The highest BCUT2D eigenvalue weighted by Crippen LogP contribution is 2.17. The van der Waals surface area contributed by atoms with Crippen LogP contribution in [0.25, 0.3) is 0 Å². The molecule has 0 N–H and O–H groups in total. The molecular formula is C15H23ClN2. The van der Waals surface area contributed by atoms with Crippen molar-refractivity contribution in [3.63, 3.8) is 0 Å². The number of aryl methyl sites for hydroxylation is 1. The summed E-state index contributed by atoms with van der Waals surface area (Å²) < 4.78 is 0. The van der Waals surface area contributed by atoms with Gasteiger partial charge in [0.15, 0.2) is 0 Å². The van der Waals surface area contributed by atoms with Crippen LogP contribution in [0, 0.1) is 6.92 Å². The van der Waals surface area contributed by atoms with Gasteiger partial charge >= 0.3 is 0 Å². The topological polar surface area (TPSA) is 6.48 Å². The molecule has 2 rings (SSSR count). The van der Waals surface area contributed by atoms with Crippen molar-refractivity contribution in [1.82, 2.24) is 4.90 Å². The predicted molar refractivity (Wildman–Crippen MR) is 79.8 cm³/mol. The monoisotopic (exact) mass is 266 g/mol. The zero-order valence-corrected chi connectivity index (χ0v) is 12.0. The Morgan fingerprint density at radius 2 is 1.89 bits per heavy atom. The van der Waals surface area contributed by atoms with Gasteiger partial charge in [0.25, 0.3) is 0 Å². The van der Waals surface area contributed by atoms with Gasteiger partial charge in [-0.2, -0.15) is 0 Å². The molecule has 0 bridgehead atoms. The van der Waals surface area contributed by atoms with E-state index in [0.29, 0.717) is 0 Å². The average molecular weight is 267 g/mol. The van der Waals surface area contributed by atoms with Crippen LogP contribution in [0.2, 0.25) is 0 Å². The Kier molecular flexibility index (Phi) is 5.33. The van der Waals surface area contributed by atoms with Crippen molar-refractivity contribution in [3.8, 4) is 0 Å². The van der Waals surface area contributed by atoms with Crippen LogP contribution in [0.4, 0.5) is 5.69 Å². The lowest BCUT2D eigenvalue weighted by molar-refractivity contribution is 0.254. The first-order valence-electron chi connectivity index (χ1n) is 6.89. The number of nitrogens with zero attached hydrogens (tertiary/aromatic N) is 2. The van der Waals surface area contributed by atoms with Crippen molar-refractivity contribution in [2.45, 2.75) is 19.8 Å². The zero-order valence-electron chi connectivity index (χ0n) is 11.2. The predicted octanol–water partition coefficient (Wildman–Crippen LogP) is 3.14. The normalized spacial score (nSPS) is 17.1. The SMILES string of the molecule is Cc1cccc(N2CCN(CCCCCl)CC2)c1. The molecule has 1 fully saturated rings. The lowest BCUT2D eigenvalue weighted by Crippen LogP contribution is -2.46. The van der Waals surface area contributed by atoms with E-state index in [1.807, 2.05) is 0 Å². The molecule has 1 heterocycles. The van der Waals surface area contributed by atoms with Gasteiger partial charge in [-0.15, -0.1) is 11.6 Å². The second-order valence-electron chi connectivity index (χ2n) is 5.06. The molecule has 1 aliphatic heterocycles. The molecule has 0 aromatic heterocycles. The fraction of sp³-hybridized carbons (Fsp3) is 0.600. The highest BCUT2D eigenvalue weighted by atomic mass is 35.5. The van der Waals surface area contributed by atoms with E-state index in [0.717, 1.165) is 25.4 Å². The summed E-state index contributed by atoms with van der Waals surface area (Å²) >= 11 is 5.71. The average Bonchev–Trinajstić information content (AvgIpc) is 2.40. The van der Waals surface area contributed by atoms with Gasteiger partial charge in [-0.1, -0.05) is 12.1 Å². The molecule has 2 nitrogen and oxygen atoms in total. The van der Waals surface area contributed by atoms with Crippen LogP contribution in [0.15, 0.2) is 24.3 Å². The highest BCUT2D eigenvalue weighted by Gasteiger charge is 2.16. The van der Waals surface area contributed by atoms with Crippen molar-refractivity contribution in [2.24, 2.45) is 0 Å². The van der Waals surface area contributed by atoms with E-state index in [9.17, 15) is 0 Å². The Balaban J connectivity index is 1.79. The molecule has 0 unspecified atom stereocenters. The number of piperazine rings is 1. The van der Waals surface area contributed by atoms with E-state index >= 15 is 0 Å². The third-order valence-electron chi connectivity index (χ3n) is 3.60. The molecule has 0 aliphatic carbocycles.